The third kappa shape index (κ3) is 30.6. The second kappa shape index (κ2) is 33.3. The van der Waals surface area contributed by atoms with E-state index in [4.69, 9.17) is 9.47 Å². The summed E-state index contributed by atoms with van der Waals surface area (Å²) in [6, 6.07) is 0. The summed E-state index contributed by atoms with van der Waals surface area (Å²) in [5.41, 5.74) is 0. The lowest BCUT2D eigenvalue weighted by atomic mass is 10.1. The van der Waals surface area contributed by atoms with Crippen LogP contribution in [0.2, 0.25) is 0 Å². The van der Waals surface area contributed by atoms with E-state index in [-0.39, 0.29) is 19.2 Å². The molecule has 0 spiro atoms. The summed E-state index contributed by atoms with van der Waals surface area (Å²) in [7, 11) is 0. The van der Waals surface area contributed by atoms with Crippen molar-refractivity contribution < 1.29 is 19.4 Å². The predicted octanol–water partition coefficient (Wildman–Crippen LogP) is 10.1. The molecular weight excluding hydrogens is 496 g/mol. The Hall–Kier alpha value is -1.91. The first-order valence-corrected chi connectivity index (χ1v) is 16.4. The van der Waals surface area contributed by atoms with Crippen molar-refractivity contribution >= 4 is 5.97 Å². The van der Waals surface area contributed by atoms with E-state index in [1.54, 1.807) is 0 Å². The first-order valence-electron chi connectivity index (χ1n) is 16.4. The van der Waals surface area contributed by atoms with Crippen LogP contribution >= 0.6 is 0 Å². The molecule has 1 unspecified atom stereocenters. The summed E-state index contributed by atoms with van der Waals surface area (Å²) in [4.78, 5) is 12.0. The molecule has 230 valence electrons. The fourth-order valence-corrected chi connectivity index (χ4v) is 4.18. The maximum atomic E-state index is 12.0. The Balaban J connectivity index is 3.55. The standard InChI is InChI=1S/C36H62O4/c1-3-5-7-9-11-13-14-15-16-17-18-19-20-21-22-23-24-26-28-30-32-39-34-35(33-37)40-36(38)31-29-27-25-12-10-8-6-4-2/h5,7,11,13,15-16,18-19,21-22,35,37H,3-4,6,8-10,12,14,17,20,23-34H2,1-2H3/b7-5-,13-11-,16-15-,19-18-,22-21-. The minimum Gasteiger partial charge on any atom is -0.457 e. The summed E-state index contributed by atoms with van der Waals surface area (Å²) in [5.74, 6) is -0.219. The van der Waals surface area contributed by atoms with Crippen molar-refractivity contribution in [1.29, 1.82) is 0 Å². The van der Waals surface area contributed by atoms with Gasteiger partial charge in [0.05, 0.1) is 13.2 Å². The lowest BCUT2D eigenvalue weighted by Gasteiger charge is -2.15. The molecule has 0 saturated carbocycles. The van der Waals surface area contributed by atoms with Gasteiger partial charge in [0, 0.05) is 13.0 Å². The van der Waals surface area contributed by atoms with Crippen molar-refractivity contribution in [2.75, 3.05) is 19.8 Å². The van der Waals surface area contributed by atoms with Crippen LogP contribution in [-0.4, -0.2) is 37.0 Å². The molecule has 0 bridgehead atoms. The summed E-state index contributed by atoms with van der Waals surface area (Å²) in [6.07, 6.45) is 42.6. The molecule has 4 heteroatoms. The molecule has 1 atom stereocenters. The molecule has 0 saturated heterocycles. The lowest BCUT2D eigenvalue weighted by Crippen LogP contribution is -2.27. The number of ether oxygens (including phenoxy) is 2. The largest absolute Gasteiger partial charge is 0.457 e. The molecule has 0 rings (SSSR count). The van der Waals surface area contributed by atoms with Gasteiger partial charge < -0.3 is 14.6 Å². The zero-order valence-corrected chi connectivity index (χ0v) is 26.1. The van der Waals surface area contributed by atoms with Gasteiger partial charge in [-0.15, -0.1) is 0 Å². The highest BCUT2D eigenvalue weighted by Crippen LogP contribution is 2.11. The molecule has 0 fully saturated rings. The average molecular weight is 559 g/mol. The number of esters is 1. The van der Waals surface area contributed by atoms with E-state index in [0.717, 1.165) is 64.2 Å². The Morgan fingerprint density at radius 3 is 1.70 bits per heavy atom. The molecule has 0 aromatic carbocycles. The maximum absolute atomic E-state index is 12.0. The normalized spacial score (nSPS) is 13.2. The molecule has 0 aliphatic heterocycles. The minimum atomic E-state index is -0.545. The maximum Gasteiger partial charge on any atom is 0.306 e. The smallest absolute Gasteiger partial charge is 0.306 e. The van der Waals surface area contributed by atoms with E-state index in [1.807, 2.05) is 0 Å². The van der Waals surface area contributed by atoms with Gasteiger partial charge in [-0.25, -0.2) is 0 Å². The monoisotopic (exact) mass is 558 g/mol. The SMILES string of the molecule is CC/C=C\C/C=C\C/C=C\C/C=C\C/C=C\CCCCCCOCC(CO)OC(=O)CCCCCCCCCC. The van der Waals surface area contributed by atoms with Gasteiger partial charge in [-0.1, -0.05) is 132 Å². The quantitative estimate of drug-likeness (QED) is 0.0564. The Labute approximate surface area is 247 Å². The van der Waals surface area contributed by atoms with E-state index in [9.17, 15) is 9.90 Å². The molecule has 0 aromatic heterocycles. The van der Waals surface area contributed by atoms with Gasteiger partial charge >= 0.3 is 5.97 Å². The first kappa shape index (κ1) is 38.1. The number of hydrogen-bond donors (Lipinski definition) is 1. The molecule has 1 N–H and O–H groups in total. The van der Waals surface area contributed by atoms with Gasteiger partial charge in [-0.2, -0.15) is 0 Å². The minimum absolute atomic E-state index is 0.184. The van der Waals surface area contributed by atoms with Crippen LogP contribution in [0.4, 0.5) is 0 Å². The van der Waals surface area contributed by atoms with Crippen molar-refractivity contribution in [3.8, 4) is 0 Å². The second-order valence-corrected chi connectivity index (χ2v) is 10.5. The summed E-state index contributed by atoms with van der Waals surface area (Å²) < 4.78 is 11.0. The van der Waals surface area contributed by atoms with Crippen LogP contribution < -0.4 is 0 Å². The molecule has 0 aliphatic rings. The van der Waals surface area contributed by atoms with E-state index in [0.29, 0.717) is 13.0 Å². The highest BCUT2D eigenvalue weighted by Gasteiger charge is 2.13. The van der Waals surface area contributed by atoms with Crippen molar-refractivity contribution in [2.45, 2.75) is 142 Å². The fraction of sp³-hybridized carbons (Fsp3) is 0.694. The number of rotatable bonds is 29. The number of carbonyl (C=O) groups is 1. The van der Waals surface area contributed by atoms with Crippen LogP contribution in [0.15, 0.2) is 60.8 Å². The predicted molar refractivity (Wildman–Crippen MR) is 173 cm³/mol. The van der Waals surface area contributed by atoms with Gasteiger partial charge in [-0.3, -0.25) is 4.79 Å². The number of carbonyl (C=O) groups excluding carboxylic acids is 1. The number of allylic oxidation sites excluding steroid dienone is 10. The number of hydrogen-bond acceptors (Lipinski definition) is 4. The van der Waals surface area contributed by atoms with Gasteiger partial charge in [0.2, 0.25) is 0 Å². The molecular formula is C36H62O4. The Bertz CT molecular complexity index is 674. The van der Waals surface area contributed by atoms with E-state index in [2.05, 4.69) is 74.6 Å². The van der Waals surface area contributed by atoms with Gasteiger partial charge in [0.1, 0.15) is 6.10 Å². The molecule has 0 radical (unpaired) electrons. The fourth-order valence-electron chi connectivity index (χ4n) is 4.18. The third-order valence-electron chi connectivity index (χ3n) is 6.61. The van der Waals surface area contributed by atoms with E-state index < -0.39 is 6.10 Å². The van der Waals surface area contributed by atoms with Crippen LogP contribution in [0.1, 0.15) is 136 Å². The van der Waals surface area contributed by atoms with Crippen LogP contribution in [0.3, 0.4) is 0 Å². The average Bonchev–Trinajstić information content (AvgIpc) is 2.96. The molecule has 4 nitrogen and oxygen atoms in total. The van der Waals surface area contributed by atoms with Gasteiger partial charge in [0.15, 0.2) is 0 Å². The summed E-state index contributed by atoms with van der Waals surface area (Å²) in [6.45, 7) is 5.13. The van der Waals surface area contributed by atoms with Crippen LogP contribution in [-0.2, 0) is 14.3 Å². The van der Waals surface area contributed by atoms with E-state index in [1.165, 1.54) is 51.4 Å². The Kier molecular flexibility index (Phi) is 31.7. The highest BCUT2D eigenvalue weighted by molar-refractivity contribution is 5.69. The first-order chi connectivity index (χ1) is 19.7. The second-order valence-electron chi connectivity index (χ2n) is 10.5. The zero-order chi connectivity index (χ0) is 29.2. The topological polar surface area (TPSA) is 55.8 Å². The summed E-state index contributed by atoms with van der Waals surface area (Å²) in [5, 5.41) is 9.48. The summed E-state index contributed by atoms with van der Waals surface area (Å²) >= 11 is 0. The zero-order valence-electron chi connectivity index (χ0n) is 26.1. The highest BCUT2D eigenvalue weighted by atomic mass is 16.6. The Morgan fingerprint density at radius 1 is 0.625 bits per heavy atom. The van der Waals surface area contributed by atoms with Crippen molar-refractivity contribution in [3.05, 3.63) is 60.8 Å². The van der Waals surface area contributed by atoms with E-state index >= 15 is 0 Å². The third-order valence-corrected chi connectivity index (χ3v) is 6.61. The van der Waals surface area contributed by atoms with Gasteiger partial charge in [0.25, 0.3) is 0 Å². The van der Waals surface area contributed by atoms with Crippen LogP contribution in [0.25, 0.3) is 0 Å². The number of aliphatic hydroxyl groups excluding tert-OH is 1. The number of aliphatic hydroxyl groups is 1. The van der Waals surface area contributed by atoms with Crippen molar-refractivity contribution in [1.82, 2.24) is 0 Å². The van der Waals surface area contributed by atoms with Gasteiger partial charge in [-0.05, 0) is 57.8 Å². The molecule has 0 aliphatic carbocycles. The lowest BCUT2D eigenvalue weighted by molar-refractivity contribution is -0.154. The molecule has 0 heterocycles. The van der Waals surface area contributed by atoms with Crippen molar-refractivity contribution in [2.24, 2.45) is 0 Å². The molecule has 40 heavy (non-hydrogen) atoms. The molecule has 0 aromatic rings. The van der Waals surface area contributed by atoms with Crippen LogP contribution in [0, 0.1) is 0 Å². The molecule has 0 amide bonds. The number of unbranched alkanes of at least 4 members (excludes halogenated alkanes) is 11. The Morgan fingerprint density at radius 2 is 1.12 bits per heavy atom. The van der Waals surface area contributed by atoms with Crippen molar-refractivity contribution in [3.63, 3.8) is 0 Å². The van der Waals surface area contributed by atoms with Crippen LogP contribution in [0.5, 0.6) is 0 Å².